The number of benzene rings is 2. The predicted molar refractivity (Wildman–Crippen MR) is 120 cm³/mol. The van der Waals surface area contributed by atoms with Crippen molar-refractivity contribution in [2.45, 2.75) is 57.0 Å². The molecule has 3 aromatic rings. The number of rotatable bonds is 6. The third kappa shape index (κ3) is 4.13. The molecule has 2 aliphatic rings. The highest BCUT2D eigenvalue weighted by Crippen LogP contribution is 2.35. The number of aromatic nitrogens is 2. The van der Waals surface area contributed by atoms with E-state index in [-0.39, 0.29) is 11.3 Å². The minimum atomic E-state index is -0.151. The first-order valence-electron chi connectivity index (χ1n) is 11.3. The van der Waals surface area contributed by atoms with E-state index in [1.807, 2.05) is 12.1 Å². The number of imidazole rings is 1. The molecule has 30 heavy (non-hydrogen) atoms. The van der Waals surface area contributed by atoms with Gasteiger partial charge in [0.2, 0.25) is 0 Å². The normalized spacial score (nSPS) is 20.1. The van der Waals surface area contributed by atoms with Crippen LogP contribution >= 0.6 is 11.6 Å². The van der Waals surface area contributed by atoms with Crippen LogP contribution in [-0.2, 0) is 19.4 Å². The molecule has 0 aliphatic carbocycles. The fraction of sp³-hybridized carbons (Fsp3) is 0.480. The lowest BCUT2D eigenvalue weighted by molar-refractivity contribution is 0.166. The second-order valence-electron chi connectivity index (χ2n) is 8.89. The van der Waals surface area contributed by atoms with Gasteiger partial charge in [0.1, 0.15) is 17.1 Å². The van der Waals surface area contributed by atoms with Crippen molar-refractivity contribution < 1.29 is 4.39 Å². The highest BCUT2D eigenvalue weighted by Gasteiger charge is 2.26. The van der Waals surface area contributed by atoms with Gasteiger partial charge in [-0.1, -0.05) is 42.3 Å². The average Bonchev–Trinajstić information content (AvgIpc) is 3.13. The van der Waals surface area contributed by atoms with Crippen LogP contribution in [0.15, 0.2) is 42.5 Å². The molecule has 1 saturated heterocycles. The summed E-state index contributed by atoms with van der Waals surface area (Å²) in [4.78, 5) is 7.49. The minimum Gasteiger partial charge on any atom is -0.309 e. The zero-order valence-corrected chi connectivity index (χ0v) is 18.1. The van der Waals surface area contributed by atoms with Gasteiger partial charge in [-0.05, 0) is 86.9 Å². The molecule has 0 amide bonds. The van der Waals surface area contributed by atoms with Crippen LogP contribution in [0.4, 0.5) is 4.39 Å². The summed E-state index contributed by atoms with van der Waals surface area (Å²) in [6.45, 7) is 3.15. The first-order valence-corrected chi connectivity index (χ1v) is 11.7. The summed E-state index contributed by atoms with van der Waals surface area (Å²) in [5.74, 6) is 1.76. The Kier molecular flexibility index (Phi) is 5.79. The van der Waals surface area contributed by atoms with E-state index >= 15 is 0 Å². The fourth-order valence-corrected chi connectivity index (χ4v) is 5.49. The van der Waals surface area contributed by atoms with Gasteiger partial charge in [-0.25, -0.2) is 9.37 Å². The molecule has 0 spiro atoms. The van der Waals surface area contributed by atoms with Crippen molar-refractivity contribution in [1.82, 2.24) is 14.5 Å². The largest absolute Gasteiger partial charge is 0.309 e. The van der Waals surface area contributed by atoms with Crippen LogP contribution in [0.3, 0.4) is 0 Å². The van der Waals surface area contributed by atoms with Crippen molar-refractivity contribution in [2.24, 2.45) is 5.92 Å². The Hall–Kier alpha value is -1.91. The SMILES string of the molecule is Fc1ccc(CCCC2CCN(Cc3nc4cccc5c4n3[C@@H](Cl)CC5)CC2)cc1. The van der Waals surface area contributed by atoms with Gasteiger partial charge in [-0.3, -0.25) is 4.90 Å². The average molecular weight is 426 g/mol. The van der Waals surface area contributed by atoms with Crippen molar-refractivity contribution in [3.05, 3.63) is 65.2 Å². The summed E-state index contributed by atoms with van der Waals surface area (Å²) in [7, 11) is 0. The van der Waals surface area contributed by atoms with Crippen LogP contribution < -0.4 is 0 Å². The molecule has 2 aliphatic heterocycles. The highest BCUT2D eigenvalue weighted by atomic mass is 35.5. The molecule has 3 nitrogen and oxygen atoms in total. The molecular formula is C25H29ClFN3. The van der Waals surface area contributed by atoms with Crippen LogP contribution in [0.2, 0.25) is 0 Å². The molecule has 158 valence electrons. The Morgan fingerprint density at radius 2 is 1.83 bits per heavy atom. The summed E-state index contributed by atoms with van der Waals surface area (Å²) < 4.78 is 15.3. The van der Waals surface area contributed by atoms with Crippen molar-refractivity contribution in [3.63, 3.8) is 0 Å². The number of hydrogen-bond donors (Lipinski definition) is 0. The second-order valence-corrected chi connectivity index (χ2v) is 9.40. The summed E-state index contributed by atoms with van der Waals surface area (Å²) in [5, 5.41) is 0. The molecule has 5 rings (SSSR count). The van der Waals surface area contributed by atoms with Crippen LogP contribution in [-0.4, -0.2) is 27.5 Å². The topological polar surface area (TPSA) is 21.1 Å². The van der Waals surface area contributed by atoms with E-state index in [1.54, 1.807) is 12.1 Å². The smallest absolute Gasteiger partial charge is 0.125 e. The van der Waals surface area contributed by atoms with Gasteiger partial charge in [0.25, 0.3) is 0 Å². The Bertz CT molecular complexity index is 1010. The molecule has 5 heteroatoms. The quantitative estimate of drug-likeness (QED) is 0.445. The Labute approximate surface area is 182 Å². The molecule has 1 aromatic heterocycles. The molecule has 3 heterocycles. The molecule has 0 bridgehead atoms. The van der Waals surface area contributed by atoms with E-state index in [0.29, 0.717) is 0 Å². The minimum absolute atomic E-state index is 0.0175. The van der Waals surface area contributed by atoms with E-state index in [1.165, 1.54) is 42.3 Å². The maximum Gasteiger partial charge on any atom is 0.125 e. The van der Waals surface area contributed by atoms with E-state index in [0.717, 1.165) is 56.2 Å². The van der Waals surface area contributed by atoms with E-state index in [4.69, 9.17) is 16.6 Å². The third-order valence-electron chi connectivity index (χ3n) is 6.86. The summed E-state index contributed by atoms with van der Waals surface area (Å²) in [5.41, 5.74) is 4.97. The van der Waals surface area contributed by atoms with Crippen molar-refractivity contribution in [1.29, 1.82) is 0 Å². The maximum absolute atomic E-state index is 13.0. The number of alkyl halides is 1. The van der Waals surface area contributed by atoms with Crippen LogP contribution in [0.25, 0.3) is 11.0 Å². The van der Waals surface area contributed by atoms with Gasteiger partial charge in [-0.2, -0.15) is 0 Å². The van der Waals surface area contributed by atoms with Gasteiger partial charge < -0.3 is 4.57 Å². The zero-order chi connectivity index (χ0) is 20.5. The number of aryl methyl sites for hydroxylation is 2. The number of likely N-dealkylation sites (tertiary alicyclic amines) is 1. The van der Waals surface area contributed by atoms with Crippen molar-refractivity contribution in [2.75, 3.05) is 13.1 Å². The Morgan fingerprint density at radius 1 is 1.03 bits per heavy atom. The van der Waals surface area contributed by atoms with E-state index in [9.17, 15) is 4.39 Å². The molecule has 0 N–H and O–H groups in total. The zero-order valence-electron chi connectivity index (χ0n) is 17.4. The molecule has 2 aromatic carbocycles. The highest BCUT2D eigenvalue weighted by molar-refractivity contribution is 6.19. The Balaban J connectivity index is 1.16. The van der Waals surface area contributed by atoms with E-state index in [2.05, 4.69) is 27.7 Å². The summed E-state index contributed by atoms with van der Waals surface area (Å²) >= 11 is 6.70. The molecule has 1 atom stereocenters. The molecule has 0 radical (unpaired) electrons. The first kappa shape index (κ1) is 20.0. The number of para-hydroxylation sites is 1. The lowest BCUT2D eigenvalue weighted by atomic mass is 9.91. The summed E-state index contributed by atoms with van der Waals surface area (Å²) in [6.07, 6.45) is 8.01. The number of halogens is 2. The third-order valence-corrected chi connectivity index (χ3v) is 7.28. The van der Waals surface area contributed by atoms with E-state index < -0.39 is 0 Å². The lowest BCUT2D eigenvalue weighted by Gasteiger charge is -2.32. The van der Waals surface area contributed by atoms with Gasteiger partial charge >= 0.3 is 0 Å². The molecule has 1 fully saturated rings. The monoisotopic (exact) mass is 425 g/mol. The van der Waals surface area contributed by atoms with Crippen molar-refractivity contribution in [3.8, 4) is 0 Å². The number of nitrogens with zero attached hydrogens (tertiary/aromatic N) is 3. The lowest BCUT2D eigenvalue weighted by Crippen LogP contribution is -2.34. The van der Waals surface area contributed by atoms with Crippen LogP contribution in [0.5, 0.6) is 0 Å². The summed E-state index contributed by atoms with van der Waals surface area (Å²) in [6, 6.07) is 13.4. The number of hydrogen-bond acceptors (Lipinski definition) is 2. The second kappa shape index (κ2) is 8.68. The van der Waals surface area contributed by atoms with Crippen LogP contribution in [0, 0.1) is 11.7 Å². The number of piperidine rings is 1. The van der Waals surface area contributed by atoms with Gasteiger partial charge in [-0.15, -0.1) is 0 Å². The first-order chi connectivity index (χ1) is 14.7. The van der Waals surface area contributed by atoms with Crippen LogP contribution in [0.1, 0.15) is 54.6 Å². The Morgan fingerprint density at radius 3 is 2.63 bits per heavy atom. The molecule has 0 saturated carbocycles. The van der Waals surface area contributed by atoms with Gasteiger partial charge in [0.15, 0.2) is 0 Å². The molecule has 0 unspecified atom stereocenters. The molecular weight excluding hydrogens is 397 g/mol. The fourth-order valence-electron chi connectivity index (χ4n) is 5.17. The van der Waals surface area contributed by atoms with Crippen molar-refractivity contribution >= 4 is 22.6 Å². The van der Waals surface area contributed by atoms with Gasteiger partial charge in [0.05, 0.1) is 17.6 Å². The standard InChI is InChI=1S/C25H29ClFN3/c26-23-12-9-20-5-2-6-22-25(20)30(23)24(28-22)17-29-15-13-19(14-16-29)4-1-3-18-7-10-21(27)11-8-18/h2,5-8,10-11,19,23H,1,3-4,9,12-17H2/t23-/m1/s1. The van der Waals surface area contributed by atoms with Gasteiger partial charge in [0, 0.05) is 0 Å². The maximum atomic E-state index is 13.0. The predicted octanol–water partition coefficient (Wildman–Crippen LogP) is 6.09.